The molecule has 3 aliphatic heterocycles. The van der Waals surface area contributed by atoms with Gasteiger partial charge in [-0.3, -0.25) is 14.4 Å². The molecule has 38 heavy (non-hydrogen) atoms. The Morgan fingerprint density at radius 3 is 2.42 bits per heavy atom. The highest BCUT2D eigenvalue weighted by molar-refractivity contribution is 5.99. The van der Waals surface area contributed by atoms with Crippen LogP contribution in [0.3, 0.4) is 0 Å². The fourth-order valence-electron chi connectivity index (χ4n) is 6.59. The highest BCUT2D eigenvalue weighted by atomic mass is 16.6. The van der Waals surface area contributed by atoms with E-state index >= 15 is 0 Å². The predicted molar refractivity (Wildman–Crippen MR) is 144 cm³/mol. The fourth-order valence-corrected chi connectivity index (χ4v) is 6.59. The molecule has 1 aromatic rings. The second kappa shape index (κ2) is 11.8. The number of benzene rings is 1. The first-order valence-corrected chi connectivity index (χ1v) is 14.6. The molecular weight excluding hydrogens is 482 g/mol. The first kappa shape index (κ1) is 27.3. The molecule has 3 heterocycles. The molecule has 1 saturated carbocycles. The number of nitrogens with one attached hydrogen (secondary N) is 1. The Kier molecular flexibility index (Phi) is 8.50. The van der Waals surface area contributed by atoms with Crippen LogP contribution in [0.5, 0.6) is 0 Å². The lowest BCUT2D eigenvalue weighted by molar-refractivity contribution is -0.138. The second-order valence-electron chi connectivity index (χ2n) is 11.8. The lowest BCUT2D eigenvalue weighted by Gasteiger charge is -2.42. The molecule has 4 atom stereocenters. The Morgan fingerprint density at radius 1 is 1.11 bits per heavy atom. The van der Waals surface area contributed by atoms with Gasteiger partial charge in [0.15, 0.2) is 5.78 Å². The third-order valence-electron chi connectivity index (χ3n) is 8.88. The Bertz CT molecular complexity index is 1000. The number of nitrogens with zero attached hydrogens (tertiary/aromatic N) is 2. The Balaban J connectivity index is 1.22. The molecule has 1 aromatic carbocycles. The zero-order valence-electron chi connectivity index (χ0n) is 23.1. The number of likely N-dealkylation sites (tertiary alicyclic amines) is 2. The van der Waals surface area contributed by atoms with Crippen LogP contribution in [0.2, 0.25) is 0 Å². The maximum atomic E-state index is 13.7. The number of rotatable bonds is 9. The predicted octanol–water partition coefficient (Wildman–Crippen LogP) is 3.15. The van der Waals surface area contributed by atoms with E-state index in [-0.39, 0.29) is 36.2 Å². The highest BCUT2D eigenvalue weighted by Crippen LogP contribution is 2.34. The van der Waals surface area contributed by atoms with Gasteiger partial charge in [-0.05, 0) is 81.6 Å². The first-order chi connectivity index (χ1) is 18.4. The van der Waals surface area contributed by atoms with Crippen LogP contribution in [-0.4, -0.2) is 90.6 Å². The van der Waals surface area contributed by atoms with Gasteiger partial charge >= 0.3 is 0 Å². The molecule has 0 spiro atoms. The summed E-state index contributed by atoms with van der Waals surface area (Å²) in [7, 11) is 0. The molecule has 1 aliphatic carbocycles. The minimum Gasteiger partial charge on any atom is -0.374 e. The number of ether oxygens (including phenoxy) is 2. The van der Waals surface area contributed by atoms with Crippen molar-refractivity contribution in [2.75, 3.05) is 32.8 Å². The largest absolute Gasteiger partial charge is 0.374 e. The van der Waals surface area contributed by atoms with Gasteiger partial charge in [0.05, 0.1) is 6.54 Å². The molecule has 1 N–H and O–H groups in total. The van der Waals surface area contributed by atoms with Crippen LogP contribution in [-0.2, 0) is 19.1 Å². The number of carbonyl (C=O) groups is 3. The Hall–Kier alpha value is -2.29. The summed E-state index contributed by atoms with van der Waals surface area (Å²) in [5, 5.41) is 2.98. The van der Waals surface area contributed by atoms with Crippen molar-refractivity contribution in [1.29, 1.82) is 0 Å². The number of hydrogen-bond acceptors (Lipinski definition) is 6. The van der Waals surface area contributed by atoms with Crippen LogP contribution >= 0.6 is 0 Å². The molecule has 5 rings (SSSR count). The zero-order chi connectivity index (χ0) is 26.8. The maximum Gasteiger partial charge on any atom is 0.251 e. The van der Waals surface area contributed by atoms with Crippen molar-refractivity contribution in [3.8, 4) is 0 Å². The zero-order valence-corrected chi connectivity index (χ0v) is 23.1. The van der Waals surface area contributed by atoms with E-state index in [9.17, 15) is 14.4 Å². The number of piperidine rings is 1. The normalized spacial score (nSPS) is 27.4. The fraction of sp³-hybridized carbons (Fsp3) is 0.700. The summed E-state index contributed by atoms with van der Waals surface area (Å²) in [6.07, 6.45) is 6.13. The minimum atomic E-state index is -0.715. The Morgan fingerprint density at radius 2 is 1.82 bits per heavy atom. The molecule has 0 bridgehead atoms. The number of hydrogen-bond donors (Lipinski definition) is 1. The summed E-state index contributed by atoms with van der Waals surface area (Å²) in [5.74, 6) is 0.119. The standard InChI is InChI=1S/C30H43N3O5/c1-4-37-26-17-33(27-25(34)18-38-28(26)27)30(36)24(16-19(2)3)31-29(35)22-10-8-20(9-11-22)21-12-14-32(15-13-21)23-6-5-7-23/h8-11,19,21,23-24,26-28H,4-7,12-18H2,1-3H3,(H,31,35)/t24?,26-,27+,28+/m0/s1. The summed E-state index contributed by atoms with van der Waals surface area (Å²) in [4.78, 5) is 43.7. The minimum absolute atomic E-state index is 0.00412. The smallest absolute Gasteiger partial charge is 0.251 e. The lowest BCUT2D eigenvalue weighted by atomic mass is 9.85. The van der Waals surface area contributed by atoms with Crippen molar-refractivity contribution in [2.24, 2.45) is 5.92 Å². The van der Waals surface area contributed by atoms with Gasteiger partial charge in [-0.15, -0.1) is 0 Å². The number of carbonyl (C=O) groups excluding carboxylic acids is 3. The van der Waals surface area contributed by atoms with E-state index in [2.05, 4.69) is 22.3 Å². The van der Waals surface area contributed by atoms with Crippen LogP contribution < -0.4 is 5.32 Å². The molecule has 0 aromatic heterocycles. The molecule has 8 nitrogen and oxygen atoms in total. The van der Waals surface area contributed by atoms with Gasteiger partial charge in [0, 0.05) is 18.2 Å². The van der Waals surface area contributed by atoms with E-state index in [1.807, 2.05) is 32.9 Å². The van der Waals surface area contributed by atoms with E-state index < -0.39 is 18.2 Å². The second-order valence-corrected chi connectivity index (χ2v) is 11.8. The topological polar surface area (TPSA) is 88.2 Å². The van der Waals surface area contributed by atoms with Crippen molar-refractivity contribution in [3.05, 3.63) is 35.4 Å². The summed E-state index contributed by atoms with van der Waals surface area (Å²) >= 11 is 0. The Labute approximate surface area is 226 Å². The third kappa shape index (κ3) is 5.68. The van der Waals surface area contributed by atoms with E-state index in [0.717, 1.165) is 32.0 Å². The molecule has 4 aliphatic rings. The molecular formula is C30H43N3O5. The van der Waals surface area contributed by atoms with Gasteiger partial charge in [0.25, 0.3) is 5.91 Å². The van der Waals surface area contributed by atoms with Crippen molar-refractivity contribution >= 4 is 17.6 Å². The van der Waals surface area contributed by atoms with E-state index in [4.69, 9.17) is 9.47 Å². The van der Waals surface area contributed by atoms with Gasteiger partial charge in [-0.1, -0.05) is 32.4 Å². The van der Waals surface area contributed by atoms with Crippen molar-refractivity contribution in [2.45, 2.75) is 95.5 Å². The monoisotopic (exact) mass is 525 g/mol. The van der Waals surface area contributed by atoms with E-state index in [1.54, 1.807) is 4.90 Å². The molecule has 4 fully saturated rings. The van der Waals surface area contributed by atoms with Gasteiger partial charge in [-0.25, -0.2) is 0 Å². The summed E-state index contributed by atoms with van der Waals surface area (Å²) < 4.78 is 11.5. The quantitative estimate of drug-likeness (QED) is 0.533. The molecule has 0 radical (unpaired) electrons. The number of fused-ring (bicyclic) bond motifs is 1. The molecule has 1 unspecified atom stereocenters. The third-order valence-corrected chi connectivity index (χ3v) is 8.88. The molecule has 2 amide bonds. The number of Topliss-reactive ketones (excluding diaryl/α,β-unsaturated/α-hetero) is 1. The number of ketones is 1. The molecule has 3 saturated heterocycles. The SMILES string of the molecule is CCO[C@H]1CN(C(=O)C(CC(C)C)NC(=O)c2ccc(C3CCN(C4CCC4)CC3)cc2)[C@@H]2C(=O)CO[C@H]12. The van der Waals surface area contributed by atoms with Crippen LogP contribution in [0, 0.1) is 5.92 Å². The van der Waals surface area contributed by atoms with Gasteiger partial charge < -0.3 is 24.6 Å². The van der Waals surface area contributed by atoms with E-state index in [0.29, 0.717) is 31.1 Å². The lowest BCUT2D eigenvalue weighted by Crippen LogP contribution is -2.52. The maximum absolute atomic E-state index is 13.7. The highest BCUT2D eigenvalue weighted by Gasteiger charge is 2.53. The first-order valence-electron chi connectivity index (χ1n) is 14.6. The van der Waals surface area contributed by atoms with Gasteiger partial charge in [0.1, 0.15) is 30.9 Å². The average molecular weight is 526 g/mol. The average Bonchev–Trinajstić information content (AvgIpc) is 3.43. The summed E-state index contributed by atoms with van der Waals surface area (Å²) in [6.45, 7) is 9.03. The number of amides is 2. The van der Waals surface area contributed by atoms with Crippen molar-refractivity contribution in [3.63, 3.8) is 0 Å². The molecule has 208 valence electrons. The van der Waals surface area contributed by atoms with Gasteiger partial charge in [-0.2, -0.15) is 0 Å². The summed E-state index contributed by atoms with van der Waals surface area (Å²) in [5.41, 5.74) is 1.84. The van der Waals surface area contributed by atoms with Gasteiger partial charge in [0.2, 0.25) is 5.91 Å². The van der Waals surface area contributed by atoms with Crippen LogP contribution in [0.25, 0.3) is 0 Å². The molecule has 8 heteroatoms. The summed E-state index contributed by atoms with van der Waals surface area (Å²) in [6, 6.07) is 7.36. The van der Waals surface area contributed by atoms with Crippen LogP contribution in [0.15, 0.2) is 24.3 Å². The van der Waals surface area contributed by atoms with Crippen LogP contribution in [0.4, 0.5) is 0 Å². The van der Waals surface area contributed by atoms with Crippen molar-refractivity contribution < 1.29 is 23.9 Å². The van der Waals surface area contributed by atoms with Crippen LogP contribution in [0.1, 0.15) is 81.1 Å². The van der Waals surface area contributed by atoms with E-state index in [1.165, 1.54) is 24.8 Å². The van der Waals surface area contributed by atoms with Crippen molar-refractivity contribution in [1.82, 2.24) is 15.1 Å².